The third-order valence-electron chi connectivity index (χ3n) is 9.73. The molecule has 3 aliphatic rings. The van der Waals surface area contributed by atoms with Crippen molar-refractivity contribution in [3.63, 3.8) is 0 Å². The quantitative estimate of drug-likeness (QED) is 0.210. The van der Waals surface area contributed by atoms with Gasteiger partial charge in [-0.1, -0.05) is 127 Å². The number of fused-ring (bicyclic) bond motifs is 13. The van der Waals surface area contributed by atoms with Crippen LogP contribution in [0.25, 0.3) is 10.8 Å². The molecule has 0 fully saturated rings. The molecule has 218 valence electrons. The molecule has 0 radical (unpaired) electrons. The van der Waals surface area contributed by atoms with Crippen LogP contribution < -0.4 is 0 Å². The highest BCUT2D eigenvalue weighted by molar-refractivity contribution is 7.89. The number of rotatable bonds is 4. The molecule has 5 nitrogen and oxygen atoms in total. The minimum Gasteiger partial charge on any atom is -0.340 e. The SMILES string of the molecule is Cc1ccc(S(=O)(=O)N2Cc3c4c(c5ccccc5c3C2=O)[C@@]2(c3ccccc3)O[C@]4(c3ccccc3)c3ccccc32)cc1. The predicted octanol–water partition coefficient (Wildman–Crippen LogP) is 7.42. The maximum atomic E-state index is 14.4. The number of carbonyl (C=O) groups is 1. The van der Waals surface area contributed by atoms with E-state index in [1.807, 2.05) is 79.7 Å². The van der Waals surface area contributed by atoms with Gasteiger partial charge in [0.2, 0.25) is 0 Å². The first-order valence-electron chi connectivity index (χ1n) is 15.0. The smallest absolute Gasteiger partial charge is 0.268 e. The summed E-state index contributed by atoms with van der Waals surface area (Å²) in [5.41, 5.74) is 5.79. The zero-order valence-electron chi connectivity index (χ0n) is 24.4. The zero-order valence-corrected chi connectivity index (χ0v) is 25.2. The number of carbonyl (C=O) groups excluding carboxylic acids is 1. The summed E-state index contributed by atoms with van der Waals surface area (Å²) >= 11 is 0. The fourth-order valence-electron chi connectivity index (χ4n) is 7.89. The standard InChI is InChI=1S/C39H27NO4S/c1-25-20-22-28(23-21-25)45(42,43)40-24-31-34(37(40)41)29-16-8-9-17-30(29)35-36(31)39(27-14-6-3-7-15-27)33-19-11-10-18-32(33)38(35,44-39)26-12-4-2-5-13-26/h2-23H,24H2,1H3/t38-,39+/m0/s1. The van der Waals surface area contributed by atoms with E-state index in [1.165, 1.54) is 0 Å². The van der Waals surface area contributed by atoms with Crippen molar-refractivity contribution in [3.8, 4) is 0 Å². The highest BCUT2D eigenvalue weighted by Gasteiger charge is 2.66. The highest BCUT2D eigenvalue weighted by Crippen LogP contribution is 2.68. The fraction of sp³-hybridized carbons (Fsp3) is 0.103. The first kappa shape index (κ1) is 26.4. The van der Waals surface area contributed by atoms with Gasteiger partial charge in [-0.15, -0.1) is 0 Å². The summed E-state index contributed by atoms with van der Waals surface area (Å²) in [5, 5.41) is 1.61. The summed E-state index contributed by atoms with van der Waals surface area (Å²) < 4.78 is 36.9. The second-order valence-corrected chi connectivity index (χ2v) is 13.9. The zero-order chi connectivity index (χ0) is 30.6. The molecule has 3 aliphatic heterocycles. The first-order chi connectivity index (χ1) is 21.9. The molecule has 6 aromatic carbocycles. The van der Waals surface area contributed by atoms with E-state index in [2.05, 4.69) is 36.4 Å². The molecule has 0 aliphatic carbocycles. The Morgan fingerprint density at radius 2 is 1.13 bits per heavy atom. The third-order valence-corrected chi connectivity index (χ3v) is 11.5. The second-order valence-electron chi connectivity index (χ2n) is 12.0. The molecule has 1 amide bonds. The van der Waals surface area contributed by atoms with Crippen LogP contribution in [-0.4, -0.2) is 18.6 Å². The average Bonchev–Trinajstić information content (AvgIpc) is 3.72. The van der Waals surface area contributed by atoms with Crippen molar-refractivity contribution in [2.45, 2.75) is 29.6 Å². The van der Waals surface area contributed by atoms with Crippen LogP contribution in [0.3, 0.4) is 0 Å². The van der Waals surface area contributed by atoms with Crippen LogP contribution in [0.5, 0.6) is 0 Å². The van der Waals surface area contributed by atoms with Crippen molar-refractivity contribution >= 4 is 26.7 Å². The molecule has 6 aromatic rings. The fourth-order valence-corrected chi connectivity index (χ4v) is 9.24. The Morgan fingerprint density at radius 3 is 1.73 bits per heavy atom. The highest BCUT2D eigenvalue weighted by atomic mass is 32.2. The Bertz CT molecular complexity index is 2320. The molecule has 6 heteroatoms. The second kappa shape index (κ2) is 9.00. The third kappa shape index (κ3) is 3.20. The summed E-state index contributed by atoms with van der Waals surface area (Å²) in [6.07, 6.45) is 0. The predicted molar refractivity (Wildman–Crippen MR) is 172 cm³/mol. The molecule has 0 saturated heterocycles. The number of benzene rings is 6. The van der Waals surface area contributed by atoms with Crippen molar-refractivity contribution in [2.75, 3.05) is 0 Å². The molecule has 9 rings (SSSR count). The van der Waals surface area contributed by atoms with Crippen LogP contribution in [-0.2, 0) is 32.5 Å². The van der Waals surface area contributed by atoms with E-state index in [4.69, 9.17) is 4.74 Å². The molecule has 0 unspecified atom stereocenters. The minimum absolute atomic E-state index is 0.0808. The van der Waals surface area contributed by atoms with Gasteiger partial charge in [-0.2, -0.15) is 0 Å². The molecule has 2 bridgehead atoms. The maximum Gasteiger partial charge on any atom is 0.268 e. The summed E-state index contributed by atoms with van der Waals surface area (Å²) in [6.45, 7) is 1.82. The van der Waals surface area contributed by atoms with Crippen molar-refractivity contribution in [1.82, 2.24) is 4.31 Å². The van der Waals surface area contributed by atoms with Crippen molar-refractivity contribution in [3.05, 3.63) is 184 Å². The number of aryl methyl sites for hydroxylation is 1. The van der Waals surface area contributed by atoms with E-state index in [1.54, 1.807) is 24.3 Å². The van der Waals surface area contributed by atoms with E-state index < -0.39 is 27.1 Å². The summed E-state index contributed by atoms with van der Waals surface area (Å²) in [4.78, 5) is 14.5. The lowest BCUT2D eigenvalue weighted by atomic mass is 9.65. The Kier molecular flexibility index (Phi) is 5.28. The molecule has 0 saturated carbocycles. The van der Waals surface area contributed by atoms with Crippen LogP contribution in [0.15, 0.2) is 138 Å². The van der Waals surface area contributed by atoms with E-state index in [0.29, 0.717) is 11.1 Å². The molecule has 0 aromatic heterocycles. The van der Waals surface area contributed by atoms with E-state index in [0.717, 1.165) is 54.0 Å². The van der Waals surface area contributed by atoms with Gasteiger partial charge < -0.3 is 4.74 Å². The van der Waals surface area contributed by atoms with Crippen molar-refractivity contribution in [1.29, 1.82) is 0 Å². The lowest BCUT2D eigenvalue weighted by molar-refractivity contribution is -0.0256. The normalized spacial score (nSPS) is 21.2. The van der Waals surface area contributed by atoms with Gasteiger partial charge in [0.15, 0.2) is 0 Å². The van der Waals surface area contributed by atoms with Gasteiger partial charge in [0.1, 0.15) is 11.2 Å². The Hall–Kier alpha value is -5.04. The molecule has 0 N–H and O–H groups in total. The number of hydrogen-bond donors (Lipinski definition) is 0. The van der Waals surface area contributed by atoms with Gasteiger partial charge in [-0.25, -0.2) is 12.7 Å². The lowest BCUT2D eigenvalue weighted by Gasteiger charge is -2.33. The summed E-state index contributed by atoms with van der Waals surface area (Å²) in [5.74, 6) is -0.516. The first-order valence-corrected chi connectivity index (χ1v) is 16.5. The number of amides is 1. The van der Waals surface area contributed by atoms with Crippen LogP contribution in [0, 0.1) is 6.92 Å². The number of nitrogens with zero attached hydrogens (tertiary/aromatic N) is 1. The largest absolute Gasteiger partial charge is 0.340 e. The van der Waals surface area contributed by atoms with Crippen LogP contribution in [0.2, 0.25) is 0 Å². The Morgan fingerprint density at radius 1 is 0.622 bits per heavy atom. The van der Waals surface area contributed by atoms with E-state index in [9.17, 15) is 13.2 Å². The number of ether oxygens (including phenoxy) is 1. The molecule has 0 spiro atoms. The summed E-state index contributed by atoms with van der Waals surface area (Å²) in [7, 11) is -4.14. The van der Waals surface area contributed by atoms with Crippen LogP contribution in [0.4, 0.5) is 0 Å². The minimum atomic E-state index is -4.14. The molecular weight excluding hydrogens is 578 g/mol. The van der Waals surface area contributed by atoms with Crippen molar-refractivity contribution in [2.24, 2.45) is 0 Å². The number of sulfonamides is 1. The van der Waals surface area contributed by atoms with Crippen molar-refractivity contribution < 1.29 is 17.9 Å². The number of hydrogen-bond acceptors (Lipinski definition) is 4. The van der Waals surface area contributed by atoms with Gasteiger partial charge in [0.25, 0.3) is 15.9 Å². The van der Waals surface area contributed by atoms with Gasteiger partial charge in [0.05, 0.1) is 17.0 Å². The topological polar surface area (TPSA) is 63.7 Å². The van der Waals surface area contributed by atoms with Gasteiger partial charge in [-0.05, 0) is 57.6 Å². The van der Waals surface area contributed by atoms with Crippen LogP contribution in [0.1, 0.15) is 54.9 Å². The molecule has 45 heavy (non-hydrogen) atoms. The lowest BCUT2D eigenvalue weighted by Crippen LogP contribution is -2.32. The molecular formula is C39H27NO4S. The average molecular weight is 606 g/mol. The Balaban J connectivity index is 1.42. The maximum absolute atomic E-state index is 14.4. The monoisotopic (exact) mass is 605 g/mol. The summed E-state index contributed by atoms with van der Waals surface area (Å²) in [6, 6.07) is 43.1. The van der Waals surface area contributed by atoms with Gasteiger partial charge in [0, 0.05) is 11.1 Å². The van der Waals surface area contributed by atoms with E-state index in [-0.39, 0.29) is 11.4 Å². The van der Waals surface area contributed by atoms with Crippen LogP contribution >= 0.6 is 0 Å². The van der Waals surface area contributed by atoms with E-state index >= 15 is 0 Å². The molecule has 3 heterocycles. The Labute approximate surface area is 261 Å². The molecule has 2 atom stereocenters. The van der Waals surface area contributed by atoms with Gasteiger partial charge >= 0.3 is 0 Å². The van der Waals surface area contributed by atoms with Gasteiger partial charge in [-0.3, -0.25) is 4.79 Å².